The summed E-state index contributed by atoms with van der Waals surface area (Å²) in [7, 11) is 0. The van der Waals surface area contributed by atoms with Crippen LogP contribution in [-0.2, 0) is 0 Å². The Kier molecular flexibility index (Phi) is 20.9. The molecule has 0 saturated carbocycles. The lowest BCUT2D eigenvalue weighted by atomic mass is 9.97. The Labute approximate surface area is 579 Å². The Hall–Kier alpha value is -12.6. The summed E-state index contributed by atoms with van der Waals surface area (Å²) in [6, 6.07) is 121. The van der Waals surface area contributed by atoms with Crippen molar-refractivity contribution in [3.8, 4) is 0 Å². The molecule has 0 bridgehead atoms. The minimum Gasteiger partial charge on any atom is -0.310 e. The predicted molar refractivity (Wildman–Crippen MR) is 425 cm³/mol. The van der Waals surface area contributed by atoms with Gasteiger partial charge in [-0.2, -0.15) is 0 Å². The van der Waals surface area contributed by atoms with Crippen LogP contribution < -0.4 is 9.80 Å². The van der Waals surface area contributed by atoms with Crippen LogP contribution in [0.5, 0.6) is 0 Å². The van der Waals surface area contributed by atoms with Gasteiger partial charge in [-0.05, 0) is 187 Å². The van der Waals surface area contributed by atoms with Gasteiger partial charge in [-0.25, -0.2) is 0 Å². The smallest absolute Gasteiger partial charge is 0.0464 e. The van der Waals surface area contributed by atoms with Crippen molar-refractivity contribution in [2.45, 2.75) is 13.8 Å². The largest absolute Gasteiger partial charge is 0.310 e. The molecule has 0 atom stereocenters. The molecule has 0 aliphatic heterocycles. The Bertz CT molecular complexity index is 4570. The van der Waals surface area contributed by atoms with Crippen LogP contribution in [0.2, 0.25) is 0 Å². The van der Waals surface area contributed by atoms with Gasteiger partial charge in [-0.15, -0.1) is 0 Å². The summed E-state index contributed by atoms with van der Waals surface area (Å²) in [6.07, 6.45) is 30.5. The summed E-state index contributed by atoms with van der Waals surface area (Å²) < 4.78 is 0. The van der Waals surface area contributed by atoms with E-state index in [1.54, 1.807) is 0 Å². The van der Waals surface area contributed by atoms with E-state index >= 15 is 0 Å². The summed E-state index contributed by atoms with van der Waals surface area (Å²) in [6.45, 7) is 4.29. The van der Waals surface area contributed by atoms with E-state index in [0.717, 1.165) is 89.8 Å². The lowest BCUT2D eigenvalue weighted by molar-refractivity contribution is 1.27. The van der Waals surface area contributed by atoms with Crippen molar-refractivity contribution in [1.82, 2.24) is 0 Å². The van der Waals surface area contributed by atoms with Gasteiger partial charge in [0.25, 0.3) is 0 Å². The maximum Gasteiger partial charge on any atom is 0.0464 e. The van der Waals surface area contributed by atoms with Crippen molar-refractivity contribution in [2.75, 3.05) is 9.80 Å². The quantitative estimate of drug-likeness (QED) is 0.0493. The molecule has 0 radical (unpaired) electrons. The molecule has 0 aliphatic rings. The maximum atomic E-state index is 2.33. The zero-order valence-corrected chi connectivity index (χ0v) is 55.3. The third kappa shape index (κ3) is 17.2. The van der Waals surface area contributed by atoms with E-state index < -0.39 is 0 Å². The third-order valence-corrected chi connectivity index (χ3v) is 17.2. The van der Waals surface area contributed by atoms with Gasteiger partial charge in [0.05, 0.1) is 0 Å². The standard InChI is InChI=1S/C96H76N2/c1-73-19-15-31-93(71-73)97(89-63-55-81(56-64-89)51-47-77-39-35-75(36-40-77)21-17-33-95(85-23-7-3-8-24-85)86-25-9-4-10-26-86)91-67-59-83(60-68-91)53-49-79-43-45-80(46-44-79)50-54-84-61-69-92(70-62-84)98(94-32-16-20-74(2)72-94)90-65-57-82(58-66-90)52-48-78-41-37-76(38-42-78)22-18-34-96(87-27-11-5-12-28-87)88-29-13-6-14-30-88/h3-72H,1-2H3. The number of hydrogen-bond acceptors (Lipinski definition) is 2. The van der Waals surface area contributed by atoms with Gasteiger partial charge in [0.15, 0.2) is 0 Å². The highest BCUT2D eigenvalue weighted by Crippen LogP contribution is 2.38. The van der Waals surface area contributed by atoms with Gasteiger partial charge in [0.1, 0.15) is 0 Å². The SMILES string of the molecule is Cc1cccc(N(c2ccc(C=Cc3ccc(C=CC=C(c4ccccc4)c4ccccc4)cc3)cc2)c2ccc(C=Cc3ccc(C=Cc4ccc(N(c5ccc(C=Cc6ccc(C=CC=C(c7ccccc7)c7ccccc7)cc6)cc5)c5cccc(C)c5)cc4)cc3)cc2)c1. The summed E-state index contributed by atoms with van der Waals surface area (Å²) in [5.41, 5.74) is 27.6. The number of anilines is 6. The predicted octanol–water partition coefficient (Wildman–Crippen LogP) is 26.2. The number of hydrogen-bond donors (Lipinski definition) is 0. The van der Waals surface area contributed by atoms with Crippen LogP contribution in [0.1, 0.15) is 89.0 Å². The van der Waals surface area contributed by atoms with E-state index in [-0.39, 0.29) is 0 Å². The second-order valence-electron chi connectivity index (χ2n) is 24.4. The number of benzene rings is 13. The molecule has 0 heterocycles. The van der Waals surface area contributed by atoms with Crippen LogP contribution in [0.3, 0.4) is 0 Å². The first-order valence-corrected chi connectivity index (χ1v) is 33.5. The van der Waals surface area contributed by atoms with E-state index in [9.17, 15) is 0 Å². The second-order valence-corrected chi connectivity index (χ2v) is 24.4. The lowest BCUT2D eigenvalue weighted by Gasteiger charge is -2.26. The van der Waals surface area contributed by atoms with Crippen LogP contribution in [0.4, 0.5) is 34.1 Å². The maximum absolute atomic E-state index is 2.33. The molecule has 0 amide bonds. The Balaban J connectivity index is 0.620. The zero-order chi connectivity index (χ0) is 66.5. The molecule has 0 aliphatic carbocycles. The molecule has 0 unspecified atom stereocenters. The van der Waals surface area contributed by atoms with E-state index in [0.29, 0.717) is 0 Å². The first kappa shape index (κ1) is 64.1. The summed E-state index contributed by atoms with van der Waals surface area (Å²) >= 11 is 0. The molecule has 13 rings (SSSR count). The number of aryl methyl sites for hydroxylation is 2. The Morgan fingerprint density at radius 3 is 0.612 bits per heavy atom. The van der Waals surface area contributed by atoms with Gasteiger partial charge in [-0.3, -0.25) is 0 Å². The molecule has 0 N–H and O–H groups in total. The highest BCUT2D eigenvalue weighted by atomic mass is 15.1. The molecule has 0 aromatic heterocycles. The van der Waals surface area contributed by atoms with Gasteiger partial charge < -0.3 is 9.80 Å². The van der Waals surface area contributed by atoms with Crippen LogP contribution in [0.25, 0.3) is 71.9 Å². The molecule has 0 saturated heterocycles. The second kappa shape index (κ2) is 32.0. The fourth-order valence-electron chi connectivity index (χ4n) is 12.0. The minimum absolute atomic E-state index is 1.09. The number of rotatable bonds is 22. The van der Waals surface area contributed by atoms with E-state index in [2.05, 4.69) is 448 Å². The van der Waals surface area contributed by atoms with Crippen LogP contribution in [-0.4, -0.2) is 0 Å². The monoisotopic (exact) mass is 1260 g/mol. The van der Waals surface area contributed by atoms with Gasteiger partial charge in [-0.1, -0.05) is 352 Å². The van der Waals surface area contributed by atoms with Crippen molar-refractivity contribution in [2.24, 2.45) is 0 Å². The molecule has 2 heteroatoms. The minimum atomic E-state index is 1.09. The van der Waals surface area contributed by atoms with E-state index in [1.165, 1.54) is 44.5 Å². The van der Waals surface area contributed by atoms with Crippen molar-refractivity contribution in [3.05, 3.63) is 453 Å². The van der Waals surface area contributed by atoms with E-state index in [1.807, 2.05) is 0 Å². The molecular weight excluding hydrogens is 1180 g/mol. The van der Waals surface area contributed by atoms with Gasteiger partial charge in [0.2, 0.25) is 0 Å². The molecule has 0 fully saturated rings. The molecular formula is C96H76N2. The lowest BCUT2D eigenvalue weighted by Crippen LogP contribution is -2.10. The fourth-order valence-corrected chi connectivity index (χ4v) is 12.0. The van der Waals surface area contributed by atoms with Crippen molar-refractivity contribution in [1.29, 1.82) is 0 Å². The summed E-state index contributed by atoms with van der Waals surface area (Å²) in [4.78, 5) is 4.65. The summed E-state index contributed by atoms with van der Waals surface area (Å²) in [5.74, 6) is 0. The Morgan fingerprint density at radius 2 is 0.398 bits per heavy atom. The molecule has 13 aromatic carbocycles. The first-order valence-electron chi connectivity index (χ1n) is 33.5. The average Bonchev–Trinajstić information content (AvgIpc) is 0.842. The third-order valence-electron chi connectivity index (χ3n) is 17.2. The number of nitrogens with zero attached hydrogens (tertiary/aromatic N) is 2. The molecule has 0 spiro atoms. The van der Waals surface area contributed by atoms with Gasteiger partial charge in [0, 0.05) is 34.1 Å². The van der Waals surface area contributed by atoms with Crippen molar-refractivity contribution >= 4 is 106 Å². The number of allylic oxidation sites excluding steroid dienone is 4. The van der Waals surface area contributed by atoms with Gasteiger partial charge >= 0.3 is 0 Å². The highest BCUT2D eigenvalue weighted by molar-refractivity contribution is 5.85. The Morgan fingerprint density at radius 1 is 0.194 bits per heavy atom. The van der Waals surface area contributed by atoms with Crippen LogP contribution in [0.15, 0.2) is 364 Å². The zero-order valence-electron chi connectivity index (χ0n) is 55.3. The topological polar surface area (TPSA) is 6.48 Å². The average molecular weight is 1260 g/mol. The van der Waals surface area contributed by atoms with Crippen LogP contribution in [0, 0.1) is 13.8 Å². The fraction of sp³-hybridized carbons (Fsp3) is 0.0208. The van der Waals surface area contributed by atoms with Crippen molar-refractivity contribution < 1.29 is 0 Å². The molecule has 13 aromatic rings. The molecule has 470 valence electrons. The van der Waals surface area contributed by atoms with Crippen molar-refractivity contribution in [3.63, 3.8) is 0 Å². The normalized spacial score (nSPS) is 11.5. The highest BCUT2D eigenvalue weighted by Gasteiger charge is 2.15. The van der Waals surface area contributed by atoms with Crippen LogP contribution >= 0.6 is 0 Å². The molecule has 98 heavy (non-hydrogen) atoms. The first-order chi connectivity index (χ1) is 48.3. The summed E-state index contributed by atoms with van der Waals surface area (Å²) in [5, 5.41) is 0. The molecule has 2 nitrogen and oxygen atoms in total. The van der Waals surface area contributed by atoms with E-state index in [4.69, 9.17) is 0 Å².